The molecule has 1 N–H and O–H groups in total. The van der Waals surface area contributed by atoms with Gasteiger partial charge < -0.3 is 10.1 Å². The van der Waals surface area contributed by atoms with Crippen molar-refractivity contribution in [3.05, 3.63) is 48.8 Å². The Labute approximate surface area is 193 Å². The van der Waals surface area contributed by atoms with Crippen LogP contribution in [0.4, 0.5) is 0 Å². The summed E-state index contributed by atoms with van der Waals surface area (Å²) in [7, 11) is 0. The number of hydrogen-bond donors (Lipinski definition) is 1. The quantitative estimate of drug-likeness (QED) is 0.507. The number of nitrogens with one attached hydrogen (secondary N) is 1. The molecule has 0 bridgehead atoms. The highest BCUT2D eigenvalue weighted by molar-refractivity contribution is 7.99. The first-order valence-corrected chi connectivity index (χ1v) is 12.2. The molecule has 2 aromatic heterocycles. The molecule has 0 saturated heterocycles. The number of aromatic nitrogens is 4. The lowest BCUT2D eigenvalue weighted by atomic mass is 9.86. The summed E-state index contributed by atoms with van der Waals surface area (Å²) in [4.78, 5) is 16.9. The molecular weight excluding hydrogens is 422 g/mol. The third kappa shape index (κ3) is 5.30. The first-order valence-electron chi connectivity index (χ1n) is 11.2. The molecule has 0 aliphatic heterocycles. The summed E-state index contributed by atoms with van der Waals surface area (Å²) >= 11 is 1.40. The first kappa shape index (κ1) is 22.3. The number of thioether (sulfide) groups is 1. The Morgan fingerprint density at radius 3 is 2.72 bits per heavy atom. The van der Waals surface area contributed by atoms with E-state index in [4.69, 9.17) is 4.74 Å². The van der Waals surface area contributed by atoms with E-state index in [0.717, 1.165) is 23.4 Å². The Morgan fingerprint density at radius 2 is 2.00 bits per heavy atom. The van der Waals surface area contributed by atoms with E-state index in [9.17, 15) is 4.79 Å². The van der Waals surface area contributed by atoms with E-state index in [0.29, 0.717) is 29.3 Å². The van der Waals surface area contributed by atoms with Crippen molar-refractivity contribution in [1.29, 1.82) is 0 Å². The zero-order chi connectivity index (χ0) is 22.3. The van der Waals surface area contributed by atoms with E-state index < -0.39 is 0 Å². The summed E-state index contributed by atoms with van der Waals surface area (Å²) in [6.07, 6.45) is 8.17. The molecule has 168 valence electrons. The van der Waals surface area contributed by atoms with Crippen molar-refractivity contribution in [2.75, 3.05) is 12.4 Å². The lowest BCUT2D eigenvalue weighted by Crippen LogP contribution is -2.41. The largest absolute Gasteiger partial charge is 0.494 e. The molecule has 1 saturated carbocycles. The third-order valence-electron chi connectivity index (χ3n) is 5.75. The molecular formula is C24H29N5O2S. The van der Waals surface area contributed by atoms with Gasteiger partial charge in [-0.3, -0.25) is 14.3 Å². The van der Waals surface area contributed by atoms with Gasteiger partial charge in [0.25, 0.3) is 0 Å². The SMILES string of the molecule is CCOc1ccc(-n2c(SCC(=O)N[C@@H]3CCCC[C@@H]3C)nnc2-c2cccnc2)cc1. The molecule has 32 heavy (non-hydrogen) atoms. The summed E-state index contributed by atoms with van der Waals surface area (Å²) in [5, 5.41) is 12.7. The van der Waals surface area contributed by atoms with Crippen LogP contribution in [-0.4, -0.2) is 44.1 Å². The Hall–Kier alpha value is -2.87. The monoisotopic (exact) mass is 451 g/mol. The smallest absolute Gasteiger partial charge is 0.230 e. The van der Waals surface area contributed by atoms with Crippen molar-refractivity contribution < 1.29 is 9.53 Å². The molecule has 2 atom stereocenters. The van der Waals surface area contributed by atoms with Crippen molar-refractivity contribution in [2.45, 2.75) is 50.7 Å². The van der Waals surface area contributed by atoms with E-state index in [1.807, 2.05) is 47.9 Å². The molecule has 4 rings (SSSR count). The molecule has 0 unspecified atom stereocenters. The van der Waals surface area contributed by atoms with Crippen molar-refractivity contribution in [2.24, 2.45) is 5.92 Å². The number of ether oxygens (including phenoxy) is 1. The molecule has 8 heteroatoms. The van der Waals surface area contributed by atoms with Gasteiger partial charge in [0.05, 0.1) is 12.4 Å². The van der Waals surface area contributed by atoms with Crippen LogP contribution in [0.25, 0.3) is 17.1 Å². The van der Waals surface area contributed by atoms with Gasteiger partial charge in [0.15, 0.2) is 11.0 Å². The van der Waals surface area contributed by atoms with Gasteiger partial charge in [-0.25, -0.2) is 0 Å². The Morgan fingerprint density at radius 1 is 1.19 bits per heavy atom. The maximum atomic E-state index is 12.7. The van der Waals surface area contributed by atoms with Crippen LogP contribution in [0.15, 0.2) is 53.9 Å². The normalized spacial score (nSPS) is 18.3. The summed E-state index contributed by atoms with van der Waals surface area (Å²) in [5.74, 6) is 2.36. The zero-order valence-corrected chi connectivity index (χ0v) is 19.3. The van der Waals surface area contributed by atoms with Crippen LogP contribution in [0.3, 0.4) is 0 Å². The van der Waals surface area contributed by atoms with Crippen LogP contribution >= 0.6 is 11.8 Å². The molecule has 0 radical (unpaired) electrons. The molecule has 0 spiro atoms. The lowest BCUT2D eigenvalue weighted by molar-refractivity contribution is -0.119. The number of rotatable bonds is 8. The average molecular weight is 452 g/mol. The summed E-state index contributed by atoms with van der Waals surface area (Å²) in [5.41, 5.74) is 1.77. The molecule has 1 aromatic carbocycles. The lowest BCUT2D eigenvalue weighted by Gasteiger charge is -2.29. The van der Waals surface area contributed by atoms with Crippen molar-refractivity contribution in [3.63, 3.8) is 0 Å². The number of amides is 1. The van der Waals surface area contributed by atoms with E-state index in [1.54, 1.807) is 12.4 Å². The Balaban J connectivity index is 1.55. The number of carbonyl (C=O) groups excluding carboxylic acids is 1. The number of carbonyl (C=O) groups is 1. The predicted octanol–water partition coefficient (Wildman–Crippen LogP) is 4.52. The van der Waals surface area contributed by atoms with E-state index >= 15 is 0 Å². The van der Waals surface area contributed by atoms with Gasteiger partial charge in [-0.15, -0.1) is 10.2 Å². The standard InChI is InChI=1S/C24H29N5O2S/c1-3-31-20-12-10-19(11-13-20)29-23(18-8-6-14-25-15-18)27-28-24(29)32-16-22(30)26-21-9-5-4-7-17(21)2/h6,8,10-15,17,21H,3-5,7,9,16H2,1-2H3,(H,26,30)/t17-,21+/m0/s1. The van der Waals surface area contributed by atoms with Gasteiger partial charge >= 0.3 is 0 Å². The summed E-state index contributed by atoms with van der Waals surface area (Å²) in [6, 6.07) is 11.9. The molecule has 1 aliphatic carbocycles. The second-order valence-electron chi connectivity index (χ2n) is 8.03. The van der Waals surface area contributed by atoms with Gasteiger partial charge in [-0.2, -0.15) is 0 Å². The molecule has 1 fully saturated rings. The van der Waals surface area contributed by atoms with E-state index in [1.165, 1.54) is 31.0 Å². The topological polar surface area (TPSA) is 81.9 Å². The minimum Gasteiger partial charge on any atom is -0.494 e. The average Bonchev–Trinajstić information content (AvgIpc) is 3.24. The van der Waals surface area contributed by atoms with Gasteiger partial charge in [0.1, 0.15) is 5.75 Å². The zero-order valence-electron chi connectivity index (χ0n) is 18.5. The predicted molar refractivity (Wildman–Crippen MR) is 126 cm³/mol. The maximum absolute atomic E-state index is 12.7. The van der Waals surface area contributed by atoms with Crippen LogP contribution in [0, 0.1) is 5.92 Å². The van der Waals surface area contributed by atoms with Crippen LogP contribution < -0.4 is 10.1 Å². The van der Waals surface area contributed by atoms with Gasteiger partial charge in [-0.05, 0) is 62.1 Å². The van der Waals surface area contributed by atoms with Gasteiger partial charge in [-0.1, -0.05) is 31.5 Å². The number of hydrogen-bond acceptors (Lipinski definition) is 6. The molecule has 3 aromatic rings. The fourth-order valence-corrected chi connectivity index (χ4v) is 4.81. The number of nitrogens with zero attached hydrogens (tertiary/aromatic N) is 4. The maximum Gasteiger partial charge on any atom is 0.230 e. The Bertz CT molecular complexity index is 1020. The number of benzene rings is 1. The van der Waals surface area contributed by atoms with Crippen molar-refractivity contribution in [3.8, 4) is 22.8 Å². The fraction of sp³-hybridized carbons (Fsp3) is 0.417. The minimum absolute atomic E-state index is 0.0397. The second-order valence-corrected chi connectivity index (χ2v) is 8.98. The van der Waals surface area contributed by atoms with Gasteiger partial charge in [0.2, 0.25) is 5.91 Å². The van der Waals surface area contributed by atoms with Crippen LogP contribution in [0.5, 0.6) is 5.75 Å². The van der Waals surface area contributed by atoms with Crippen molar-refractivity contribution in [1.82, 2.24) is 25.1 Å². The third-order valence-corrected chi connectivity index (χ3v) is 6.68. The Kier molecular flexibility index (Phi) is 7.42. The summed E-state index contributed by atoms with van der Waals surface area (Å²) in [6.45, 7) is 4.80. The molecule has 1 amide bonds. The van der Waals surface area contributed by atoms with Crippen LogP contribution in [0.1, 0.15) is 39.5 Å². The highest BCUT2D eigenvalue weighted by atomic mass is 32.2. The van der Waals surface area contributed by atoms with E-state index in [2.05, 4.69) is 27.4 Å². The second kappa shape index (κ2) is 10.6. The molecule has 7 nitrogen and oxygen atoms in total. The van der Waals surface area contributed by atoms with Crippen molar-refractivity contribution >= 4 is 17.7 Å². The highest BCUT2D eigenvalue weighted by Crippen LogP contribution is 2.29. The number of pyridine rings is 1. The van der Waals surface area contributed by atoms with Crippen LogP contribution in [-0.2, 0) is 4.79 Å². The van der Waals surface area contributed by atoms with Crippen LogP contribution in [0.2, 0.25) is 0 Å². The fourth-order valence-electron chi connectivity index (χ4n) is 4.05. The first-order chi connectivity index (χ1) is 15.7. The molecule has 2 heterocycles. The summed E-state index contributed by atoms with van der Waals surface area (Å²) < 4.78 is 7.54. The molecule has 1 aliphatic rings. The minimum atomic E-state index is 0.0397. The van der Waals surface area contributed by atoms with Gasteiger partial charge in [0, 0.05) is 29.7 Å². The highest BCUT2D eigenvalue weighted by Gasteiger charge is 2.23. The van der Waals surface area contributed by atoms with E-state index in [-0.39, 0.29) is 11.9 Å².